The standard InChI is InChI=1S/C6H14O.C4H10O2/c1-5(2)7-6(3)4;1-2-3-4(5)6/h5-6H,1-4H3;4-6H,2-3H2,1H3. The zero-order valence-electron chi connectivity index (χ0n) is 9.45. The average molecular weight is 192 g/mol. The van der Waals surface area contributed by atoms with Crippen LogP contribution in [0.25, 0.3) is 0 Å². The van der Waals surface area contributed by atoms with Gasteiger partial charge in [0.1, 0.15) is 0 Å². The van der Waals surface area contributed by atoms with Gasteiger partial charge in [-0.15, -0.1) is 0 Å². The van der Waals surface area contributed by atoms with Gasteiger partial charge in [-0.25, -0.2) is 0 Å². The van der Waals surface area contributed by atoms with Gasteiger partial charge < -0.3 is 14.9 Å². The van der Waals surface area contributed by atoms with Gasteiger partial charge in [-0.2, -0.15) is 0 Å². The first-order valence-corrected chi connectivity index (χ1v) is 4.91. The van der Waals surface area contributed by atoms with Crippen LogP contribution in [0.1, 0.15) is 47.5 Å². The second-order valence-corrected chi connectivity index (χ2v) is 3.50. The van der Waals surface area contributed by atoms with Crippen molar-refractivity contribution >= 4 is 0 Å². The van der Waals surface area contributed by atoms with Crippen molar-refractivity contribution < 1.29 is 14.9 Å². The topological polar surface area (TPSA) is 49.7 Å². The van der Waals surface area contributed by atoms with E-state index in [1.165, 1.54) is 0 Å². The molecule has 0 aromatic heterocycles. The van der Waals surface area contributed by atoms with E-state index < -0.39 is 6.29 Å². The van der Waals surface area contributed by atoms with E-state index in [2.05, 4.69) is 0 Å². The molecule has 3 heteroatoms. The third kappa shape index (κ3) is 24.5. The maximum atomic E-state index is 8.11. The van der Waals surface area contributed by atoms with Gasteiger partial charge in [0.05, 0.1) is 12.2 Å². The maximum absolute atomic E-state index is 8.11. The van der Waals surface area contributed by atoms with E-state index >= 15 is 0 Å². The number of aliphatic hydroxyl groups excluding tert-OH is 1. The summed E-state index contributed by atoms with van der Waals surface area (Å²) in [6, 6.07) is 0. The predicted octanol–water partition coefficient (Wildman–Crippen LogP) is 1.92. The van der Waals surface area contributed by atoms with Crippen LogP contribution < -0.4 is 0 Å². The molecule has 0 aromatic carbocycles. The zero-order valence-corrected chi connectivity index (χ0v) is 9.45. The lowest BCUT2D eigenvalue weighted by atomic mass is 10.3. The van der Waals surface area contributed by atoms with Gasteiger partial charge in [0, 0.05) is 0 Å². The summed E-state index contributed by atoms with van der Waals surface area (Å²) in [7, 11) is 0. The molecule has 0 atom stereocenters. The Kier molecular flexibility index (Phi) is 11.8. The minimum absolute atomic E-state index is 0.375. The van der Waals surface area contributed by atoms with Crippen molar-refractivity contribution in [2.24, 2.45) is 0 Å². The van der Waals surface area contributed by atoms with Crippen molar-refractivity contribution in [3.05, 3.63) is 0 Å². The molecule has 0 aromatic rings. The van der Waals surface area contributed by atoms with Crippen LogP contribution in [0, 0.1) is 0 Å². The summed E-state index contributed by atoms with van der Waals surface area (Å²) in [6.45, 7) is 10.1. The zero-order chi connectivity index (χ0) is 10.9. The molecule has 0 fully saturated rings. The molecule has 0 bridgehead atoms. The number of hydrogen-bond donors (Lipinski definition) is 2. The Morgan fingerprint density at radius 1 is 1.00 bits per heavy atom. The lowest BCUT2D eigenvalue weighted by molar-refractivity contribution is -0.0453. The molecule has 0 saturated heterocycles. The molecule has 0 aliphatic rings. The summed E-state index contributed by atoms with van der Waals surface area (Å²) >= 11 is 0. The Morgan fingerprint density at radius 3 is 1.38 bits per heavy atom. The summed E-state index contributed by atoms with van der Waals surface area (Å²) < 4.78 is 5.25. The van der Waals surface area contributed by atoms with E-state index in [0.717, 1.165) is 6.42 Å². The van der Waals surface area contributed by atoms with E-state index in [1.54, 1.807) is 0 Å². The molecule has 0 amide bonds. The fourth-order valence-corrected chi connectivity index (χ4v) is 0.803. The van der Waals surface area contributed by atoms with Crippen molar-refractivity contribution in [1.29, 1.82) is 0 Å². The van der Waals surface area contributed by atoms with Crippen LogP contribution >= 0.6 is 0 Å². The number of rotatable bonds is 4. The van der Waals surface area contributed by atoms with E-state index in [9.17, 15) is 0 Å². The molecule has 0 unspecified atom stereocenters. The molecular weight excluding hydrogens is 168 g/mol. The Bertz CT molecular complexity index is 84.2. The largest absolute Gasteiger partial charge is 0.376 e. The van der Waals surface area contributed by atoms with E-state index in [4.69, 9.17) is 14.9 Å². The van der Waals surface area contributed by atoms with Gasteiger partial charge in [0.25, 0.3) is 0 Å². The molecule has 0 aliphatic carbocycles. The van der Waals surface area contributed by atoms with Crippen LogP contribution in [0.15, 0.2) is 0 Å². The number of hydrogen-bond acceptors (Lipinski definition) is 3. The molecule has 0 rings (SSSR count). The molecular formula is C10H24O3. The summed E-state index contributed by atoms with van der Waals surface area (Å²) in [5, 5.41) is 16.2. The number of ether oxygens (including phenoxy) is 1. The normalized spacial score (nSPS) is 10.6. The summed E-state index contributed by atoms with van der Waals surface area (Å²) in [4.78, 5) is 0. The minimum atomic E-state index is -1.10. The SMILES string of the molecule is CC(C)OC(C)C.CCCC(O)O. The van der Waals surface area contributed by atoms with Crippen LogP contribution in [-0.2, 0) is 4.74 Å². The molecule has 0 radical (unpaired) electrons. The van der Waals surface area contributed by atoms with Crippen LogP contribution in [0.2, 0.25) is 0 Å². The second-order valence-electron chi connectivity index (χ2n) is 3.50. The molecule has 3 nitrogen and oxygen atoms in total. The van der Waals surface area contributed by atoms with Crippen molar-refractivity contribution in [2.75, 3.05) is 0 Å². The predicted molar refractivity (Wildman–Crippen MR) is 54.5 cm³/mol. The molecule has 2 N–H and O–H groups in total. The first-order chi connectivity index (χ1) is 5.90. The maximum Gasteiger partial charge on any atom is 0.151 e. The highest BCUT2D eigenvalue weighted by Crippen LogP contribution is 1.93. The summed E-state index contributed by atoms with van der Waals surface area (Å²) in [6.07, 6.45) is 0.965. The molecule has 0 aliphatic heterocycles. The Morgan fingerprint density at radius 2 is 1.38 bits per heavy atom. The Balaban J connectivity index is 0. The van der Waals surface area contributed by atoms with Crippen molar-refractivity contribution in [3.63, 3.8) is 0 Å². The minimum Gasteiger partial charge on any atom is -0.376 e. The van der Waals surface area contributed by atoms with E-state index in [1.807, 2.05) is 34.6 Å². The molecule has 0 spiro atoms. The lowest BCUT2D eigenvalue weighted by Gasteiger charge is -2.09. The fourth-order valence-electron chi connectivity index (χ4n) is 0.803. The summed E-state index contributed by atoms with van der Waals surface area (Å²) in [5.74, 6) is 0. The smallest absolute Gasteiger partial charge is 0.151 e. The lowest BCUT2D eigenvalue weighted by Crippen LogP contribution is -2.09. The monoisotopic (exact) mass is 192 g/mol. The molecule has 13 heavy (non-hydrogen) atoms. The first kappa shape index (κ1) is 15.4. The van der Waals surface area contributed by atoms with E-state index in [-0.39, 0.29) is 0 Å². The Hall–Kier alpha value is -0.120. The van der Waals surface area contributed by atoms with Gasteiger partial charge in [-0.1, -0.05) is 13.3 Å². The first-order valence-electron chi connectivity index (χ1n) is 4.91. The highest BCUT2D eigenvalue weighted by molar-refractivity contribution is 4.40. The van der Waals surface area contributed by atoms with E-state index in [0.29, 0.717) is 18.6 Å². The van der Waals surface area contributed by atoms with Gasteiger partial charge in [-0.05, 0) is 34.1 Å². The third-order valence-electron chi connectivity index (χ3n) is 1.09. The quantitative estimate of drug-likeness (QED) is 0.669. The van der Waals surface area contributed by atoms with Crippen LogP contribution in [0.4, 0.5) is 0 Å². The average Bonchev–Trinajstić information content (AvgIpc) is 1.83. The Labute approximate surface area is 81.7 Å². The van der Waals surface area contributed by atoms with Gasteiger partial charge in [0.15, 0.2) is 6.29 Å². The van der Waals surface area contributed by atoms with Gasteiger partial charge in [-0.3, -0.25) is 0 Å². The second kappa shape index (κ2) is 9.96. The van der Waals surface area contributed by atoms with Crippen molar-refractivity contribution in [1.82, 2.24) is 0 Å². The van der Waals surface area contributed by atoms with Crippen LogP contribution in [0.3, 0.4) is 0 Å². The highest BCUT2D eigenvalue weighted by atomic mass is 16.5. The fraction of sp³-hybridized carbons (Fsp3) is 1.00. The van der Waals surface area contributed by atoms with Crippen LogP contribution in [-0.4, -0.2) is 28.7 Å². The summed E-state index contributed by atoms with van der Waals surface area (Å²) in [5.41, 5.74) is 0. The van der Waals surface area contributed by atoms with Gasteiger partial charge in [0.2, 0.25) is 0 Å². The molecule has 82 valence electrons. The molecule has 0 saturated carbocycles. The van der Waals surface area contributed by atoms with Crippen molar-refractivity contribution in [3.8, 4) is 0 Å². The number of aliphatic hydroxyl groups is 2. The van der Waals surface area contributed by atoms with Crippen LogP contribution in [0.5, 0.6) is 0 Å². The third-order valence-corrected chi connectivity index (χ3v) is 1.09. The highest BCUT2D eigenvalue weighted by Gasteiger charge is 1.94. The van der Waals surface area contributed by atoms with Crippen molar-refractivity contribution in [2.45, 2.75) is 66.0 Å². The molecule has 0 heterocycles. The van der Waals surface area contributed by atoms with Gasteiger partial charge >= 0.3 is 0 Å².